The van der Waals surface area contributed by atoms with E-state index in [-0.39, 0.29) is 0 Å². The Labute approximate surface area is 80.8 Å². The minimum Gasteiger partial charge on any atom is -0.375 e. The first-order valence-corrected chi connectivity index (χ1v) is 5.65. The summed E-state index contributed by atoms with van der Waals surface area (Å²) in [7, 11) is 2.26. The Morgan fingerprint density at radius 3 is 2.31 bits per heavy atom. The molecular weight excluding hydrogens is 158 g/mol. The molecule has 72 valence electrons. The molecule has 2 heterocycles. The Hall–Kier alpha value is -0.460. The summed E-state index contributed by atoms with van der Waals surface area (Å²) in [5.74, 6) is 2.90. The van der Waals surface area contributed by atoms with Crippen LogP contribution in [-0.4, -0.2) is 18.0 Å². The molecule has 4 aliphatic rings. The van der Waals surface area contributed by atoms with Gasteiger partial charge >= 0.3 is 0 Å². The molecule has 2 unspecified atom stereocenters. The van der Waals surface area contributed by atoms with Gasteiger partial charge in [0.05, 0.1) is 0 Å². The lowest BCUT2D eigenvalue weighted by Crippen LogP contribution is -2.34. The quantitative estimate of drug-likeness (QED) is 0.550. The van der Waals surface area contributed by atoms with Crippen molar-refractivity contribution in [2.24, 2.45) is 17.8 Å². The fraction of sp³-hybridized carbons (Fsp3) is 0.833. The summed E-state index contributed by atoms with van der Waals surface area (Å²) in [6.07, 6.45) is 7.30. The smallest absolute Gasteiger partial charge is 0.0288 e. The van der Waals surface area contributed by atoms with Crippen molar-refractivity contribution < 1.29 is 0 Å². The summed E-state index contributed by atoms with van der Waals surface area (Å²) in [4.78, 5) is 2.49. The largest absolute Gasteiger partial charge is 0.375 e. The second-order valence-electron chi connectivity index (χ2n) is 5.36. The molecular formula is C12H19N. The molecule has 2 saturated heterocycles. The van der Waals surface area contributed by atoms with Gasteiger partial charge in [-0.1, -0.05) is 6.58 Å². The molecule has 0 aromatic carbocycles. The van der Waals surface area contributed by atoms with E-state index in [4.69, 9.17) is 0 Å². The summed E-state index contributed by atoms with van der Waals surface area (Å²) in [6, 6.07) is 0.837. The van der Waals surface area contributed by atoms with Crippen LogP contribution in [0.4, 0.5) is 0 Å². The lowest BCUT2D eigenvalue weighted by Gasteiger charge is -2.38. The zero-order valence-electron chi connectivity index (χ0n) is 8.50. The number of hydrogen-bond acceptors (Lipinski definition) is 1. The monoisotopic (exact) mass is 177 g/mol. The fourth-order valence-electron chi connectivity index (χ4n) is 3.93. The molecule has 0 N–H and O–H groups in total. The Bertz CT molecular complexity index is 232. The van der Waals surface area contributed by atoms with E-state index in [1.165, 1.54) is 37.8 Å². The van der Waals surface area contributed by atoms with E-state index in [1.807, 2.05) is 0 Å². The SMILES string of the molecule is C=C1C2CC3CC(C2)CC(C3)N1C. The van der Waals surface area contributed by atoms with Crippen LogP contribution in [0.3, 0.4) is 0 Å². The summed E-state index contributed by atoms with van der Waals surface area (Å²) < 4.78 is 0. The van der Waals surface area contributed by atoms with E-state index >= 15 is 0 Å². The van der Waals surface area contributed by atoms with Crippen LogP contribution in [0.5, 0.6) is 0 Å². The Morgan fingerprint density at radius 1 is 1.08 bits per heavy atom. The van der Waals surface area contributed by atoms with Crippen molar-refractivity contribution in [1.82, 2.24) is 4.90 Å². The number of fused-ring (bicyclic) bond motifs is 1. The molecule has 0 aromatic rings. The van der Waals surface area contributed by atoms with E-state index in [0.29, 0.717) is 0 Å². The van der Waals surface area contributed by atoms with Crippen LogP contribution in [0.15, 0.2) is 12.3 Å². The third-order valence-electron chi connectivity index (χ3n) is 4.59. The van der Waals surface area contributed by atoms with Gasteiger partial charge in [-0.2, -0.15) is 0 Å². The standard InChI is InChI=1S/C12H19N/c1-8-11-4-9-3-10(5-11)7-12(6-9)13(8)2/h9-12H,1,3-7H2,2H3. The topological polar surface area (TPSA) is 3.24 Å². The molecule has 0 amide bonds. The number of allylic oxidation sites excluding steroid dienone is 1. The highest BCUT2D eigenvalue weighted by Gasteiger charge is 2.42. The maximum absolute atomic E-state index is 4.28. The second-order valence-corrected chi connectivity index (χ2v) is 5.36. The Kier molecular flexibility index (Phi) is 1.53. The maximum Gasteiger partial charge on any atom is 0.0288 e. The summed E-state index contributed by atoms with van der Waals surface area (Å²) in [5.41, 5.74) is 1.44. The zero-order valence-corrected chi connectivity index (χ0v) is 8.50. The molecule has 0 spiro atoms. The normalized spacial score (nSPS) is 48.4. The number of hydrogen-bond donors (Lipinski definition) is 0. The van der Waals surface area contributed by atoms with Crippen LogP contribution in [0.25, 0.3) is 0 Å². The molecule has 4 fully saturated rings. The molecule has 4 rings (SSSR count). The highest BCUT2D eigenvalue weighted by Crippen LogP contribution is 2.50. The van der Waals surface area contributed by atoms with E-state index in [1.54, 1.807) is 0 Å². The lowest BCUT2D eigenvalue weighted by molar-refractivity contribution is 0.137. The van der Waals surface area contributed by atoms with E-state index < -0.39 is 0 Å². The van der Waals surface area contributed by atoms with Gasteiger partial charge in [0.15, 0.2) is 0 Å². The van der Waals surface area contributed by atoms with Gasteiger partial charge < -0.3 is 4.90 Å². The van der Waals surface area contributed by atoms with Crippen LogP contribution in [0.1, 0.15) is 32.1 Å². The molecule has 2 aliphatic carbocycles. The highest BCUT2D eigenvalue weighted by molar-refractivity contribution is 5.10. The molecule has 4 bridgehead atoms. The average Bonchev–Trinajstić information content (AvgIpc) is 2.23. The molecule has 0 radical (unpaired) electrons. The van der Waals surface area contributed by atoms with Crippen LogP contribution in [0, 0.1) is 17.8 Å². The van der Waals surface area contributed by atoms with Crippen molar-refractivity contribution in [3.63, 3.8) is 0 Å². The molecule has 13 heavy (non-hydrogen) atoms. The van der Waals surface area contributed by atoms with Gasteiger partial charge in [0.25, 0.3) is 0 Å². The van der Waals surface area contributed by atoms with Crippen molar-refractivity contribution in [3.05, 3.63) is 12.3 Å². The van der Waals surface area contributed by atoms with Crippen molar-refractivity contribution >= 4 is 0 Å². The first-order chi connectivity index (χ1) is 6.24. The van der Waals surface area contributed by atoms with Crippen molar-refractivity contribution in [3.8, 4) is 0 Å². The van der Waals surface area contributed by atoms with E-state index in [0.717, 1.165) is 23.8 Å². The number of nitrogens with zero attached hydrogens (tertiary/aromatic N) is 1. The third-order valence-corrected chi connectivity index (χ3v) is 4.59. The molecule has 2 atom stereocenters. The van der Waals surface area contributed by atoms with Crippen molar-refractivity contribution in [2.45, 2.75) is 38.1 Å². The Morgan fingerprint density at radius 2 is 1.69 bits per heavy atom. The third kappa shape index (κ3) is 1.06. The minimum atomic E-state index is 0.834. The van der Waals surface area contributed by atoms with Gasteiger partial charge in [-0.25, -0.2) is 0 Å². The molecule has 0 aromatic heterocycles. The lowest BCUT2D eigenvalue weighted by atomic mass is 9.68. The molecule has 1 heteroatoms. The fourth-order valence-corrected chi connectivity index (χ4v) is 3.93. The maximum atomic E-state index is 4.28. The van der Waals surface area contributed by atoms with Crippen LogP contribution >= 0.6 is 0 Å². The molecule has 1 nitrogen and oxygen atoms in total. The highest BCUT2D eigenvalue weighted by atomic mass is 15.2. The first-order valence-electron chi connectivity index (χ1n) is 5.65. The molecule has 2 aliphatic heterocycles. The van der Waals surface area contributed by atoms with E-state index in [2.05, 4.69) is 18.5 Å². The summed E-state index contributed by atoms with van der Waals surface area (Å²) in [6.45, 7) is 4.28. The summed E-state index contributed by atoms with van der Waals surface area (Å²) >= 11 is 0. The van der Waals surface area contributed by atoms with Crippen LogP contribution in [0.2, 0.25) is 0 Å². The van der Waals surface area contributed by atoms with Crippen molar-refractivity contribution in [1.29, 1.82) is 0 Å². The average molecular weight is 177 g/mol. The van der Waals surface area contributed by atoms with Crippen LogP contribution < -0.4 is 0 Å². The number of rotatable bonds is 0. The van der Waals surface area contributed by atoms with E-state index in [9.17, 15) is 0 Å². The predicted octanol–water partition coefficient (Wildman–Crippen LogP) is 2.64. The molecule has 2 saturated carbocycles. The first kappa shape index (κ1) is 7.90. The van der Waals surface area contributed by atoms with Gasteiger partial charge in [0, 0.05) is 18.8 Å². The second kappa shape index (κ2) is 2.52. The minimum absolute atomic E-state index is 0.834. The van der Waals surface area contributed by atoms with Crippen LogP contribution in [-0.2, 0) is 0 Å². The van der Waals surface area contributed by atoms with Crippen molar-refractivity contribution in [2.75, 3.05) is 7.05 Å². The zero-order chi connectivity index (χ0) is 9.00. The van der Waals surface area contributed by atoms with Gasteiger partial charge in [-0.05, 0) is 49.9 Å². The summed E-state index contributed by atoms with van der Waals surface area (Å²) in [5, 5.41) is 0. The van der Waals surface area contributed by atoms with Gasteiger partial charge in [0.1, 0.15) is 0 Å². The predicted molar refractivity (Wildman–Crippen MR) is 54.2 cm³/mol. The van der Waals surface area contributed by atoms with Gasteiger partial charge in [0.2, 0.25) is 0 Å². The van der Waals surface area contributed by atoms with Gasteiger partial charge in [-0.15, -0.1) is 0 Å². The Balaban J connectivity index is 1.98. The van der Waals surface area contributed by atoms with Gasteiger partial charge in [-0.3, -0.25) is 0 Å².